The number of rotatable bonds is 9. The Hall–Kier alpha value is -2.63. The minimum Gasteiger partial charge on any atom is -0.393 e. The summed E-state index contributed by atoms with van der Waals surface area (Å²) in [5.74, 6) is -0.0362. The number of hydrogen-bond acceptors (Lipinski definition) is 9. The SMILES string of the molecule is CC/C=C/C1=C(NC2C=C(C(=O)SCC#N)C(F)=CC2)C=C2CCC3C4CCC(OC)(C(=O)SCC#N)C4(C)CC(O)[C@@H]3C2(C)C1. The molecule has 0 aliphatic heterocycles. The van der Waals surface area contributed by atoms with Crippen molar-refractivity contribution >= 4 is 33.8 Å². The van der Waals surface area contributed by atoms with E-state index >= 15 is 0 Å². The molecule has 3 saturated carbocycles. The number of nitrogens with one attached hydrogen (secondary N) is 1. The first-order valence-electron chi connectivity index (χ1n) is 16.3. The second-order valence-corrected chi connectivity index (χ2v) is 15.6. The Morgan fingerprint density at radius 1 is 1.22 bits per heavy atom. The number of nitrogens with zero attached hydrogens (tertiary/aromatic N) is 2. The molecule has 5 aliphatic rings. The van der Waals surface area contributed by atoms with Crippen molar-refractivity contribution in [2.75, 3.05) is 18.6 Å². The Balaban J connectivity index is 1.44. The van der Waals surface area contributed by atoms with Crippen LogP contribution in [0.2, 0.25) is 0 Å². The first kappa shape index (κ1) is 34.7. The number of ether oxygens (including phenoxy) is 1. The van der Waals surface area contributed by atoms with Crippen molar-refractivity contribution in [2.45, 2.75) is 89.9 Å². The summed E-state index contributed by atoms with van der Waals surface area (Å²) in [5.41, 5.74) is 1.53. The van der Waals surface area contributed by atoms with Crippen LogP contribution in [0.4, 0.5) is 4.39 Å². The Labute approximate surface area is 280 Å². The van der Waals surface area contributed by atoms with Gasteiger partial charge in [0.2, 0.25) is 10.2 Å². The maximum Gasteiger partial charge on any atom is 0.223 e. The van der Waals surface area contributed by atoms with Gasteiger partial charge in [0.05, 0.1) is 35.3 Å². The van der Waals surface area contributed by atoms with E-state index in [2.05, 4.69) is 50.4 Å². The Bertz CT molecular complexity index is 1500. The zero-order valence-corrected chi connectivity index (χ0v) is 28.7. The molecule has 46 heavy (non-hydrogen) atoms. The lowest BCUT2D eigenvalue weighted by Crippen LogP contribution is -2.61. The van der Waals surface area contributed by atoms with Crippen LogP contribution in [0.5, 0.6) is 0 Å². The van der Waals surface area contributed by atoms with Crippen molar-refractivity contribution in [1.82, 2.24) is 5.32 Å². The second kappa shape index (κ2) is 13.8. The zero-order chi connectivity index (χ0) is 33.3. The van der Waals surface area contributed by atoms with Gasteiger partial charge in [0.25, 0.3) is 0 Å². The molecule has 0 bridgehead atoms. The third kappa shape index (κ3) is 5.85. The van der Waals surface area contributed by atoms with Gasteiger partial charge in [0, 0.05) is 24.3 Å². The van der Waals surface area contributed by atoms with Gasteiger partial charge < -0.3 is 15.2 Å². The van der Waals surface area contributed by atoms with Crippen LogP contribution in [0.25, 0.3) is 0 Å². The van der Waals surface area contributed by atoms with Crippen molar-refractivity contribution in [1.29, 1.82) is 10.5 Å². The summed E-state index contributed by atoms with van der Waals surface area (Å²) < 4.78 is 20.7. The topological polar surface area (TPSA) is 123 Å². The van der Waals surface area contributed by atoms with E-state index in [1.54, 1.807) is 13.2 Å². The summed E-state index contributed by atoms with van der Waals surface area (Å²) in [5, 5.41) is 33.1. The Morgan fingerprint density at radius 2 is 1.96 bits per heavy atom. The highest BCUT2D eigenvalue weighted by atomic mass is 32.2. The normalized spacial score (nSPS) is 36.8. The quantitative estimate of drug-likeness (QED) is 0.272. The second-order valence-electron chi connectivity index (χ2n) is 13.7. The Kier molecular flexibility index (Phi) is 10.4. The molecule has 0 spiro atoms. The average Bonchev–Trinajstić information content (AvgIpc) is 3.34. The number of carbonyl (C=O) groups is 2. The molecule has 7 nitrogen and oxygen atoms in total. The van der Waals surface area contributed by atoms with Gasteiger partial charge in [-0.2, -0.15) is 10.5 Å². The van der Waals surface area contributed by atoms with Crippen LogP contribution in [0.3, 0.4) is 0 Å². The van der Waals surface area contributed by atoms with Crippen LogP contribution in [0.1, 0.15) is 72.1 Å². The lowest BCUT2D eigenvalue weighted by molar-refractivity contribution is -0.181. The number of aliphatic hydroxyl groups is 1. The van der Waals surface area contributed by atoms with Crippen molar-refractivity contribution in [2.24, 2.45) is 28.6 Å². The van der Waals surface area contributed by atoms with Crippen molar-refractivity contribution in [3.63, 3.8) is 0 Å². The van der Waals surface area contributed by atoms with E-state index in [0.29, 0.717) is 19.3 Å². The zero-order valence-electron chi connectivity index (χ0n) is 27.1. The number of fused-ring (bicyclic) bond motifs is 5. The minimum absolute atomic E-state index is 0.00522. The van der Waals surface area contributed by atoms with Crippen LogP contribution < -0.4 is 5.32 Å². The van der Waals surface area contributed by atoms with E-state index in [1.807, 2.05) is 6.07 Å². The molecule has 0 aromatic rings. The largest absolute Gasteiger partial charge is 0.393 e. The summed E-state index contributed by atoms with van der Waals surface area (Å²) in [4.78, 5) is 26.1. The Morgan fingerprint density at radius 3 is 2.65 bits per heavy atom. The van der Waals surface area contributed by atoms with E-state index in [4.69, 9.17) is 15.3 Å². The van der Waals surface area contributed by atoms with Crippen molar-refractivity contribution in [3.8, 4) is 12.1 Å². The van der Waals surface area contributed by atoms with Gasteiger partial charge in [0.15, 0.2) is 0 Å². The maximum atomic E-state index is 14.6. The molecular weight excluding hydrogens is 622 g/mol. The van der Waals surface area contributed by atoms with Gasteiger partial charge >= 0.3 is 0 Å². The molecule has 0 aromatic heterocycles. The number of carbonyl (C=O) groups excluding carboxylic acids is 2. The van der Waals surface area contributed by atoms with Gasteiger partial charge in [-0.15, -0.1) is 0 Å². The van der Waals surface area contributed by atoms with Crippen molar-refractivity contribution in [3.05, 3.63) is 58.6 Å². The molecule has 8 atom stereocenters. The predicted octanol–water partition coefficient (Wildman–Crippen LogP) is 6.84. The molecule has 5 rings (SSSR count). The molecule has 10 heteroatoms. The third-order valence-corrected chi connectivity index (χ3v) is 13.1. The van der Waals surface area contributed by atoms with Gasteiger partial charge in [-0.3, -0.25) is 9.59 Å². The summed E-state index contributed by atoms with van der Waals surface area (Å²) in [7, 11) is 1.60. The lowest BCUT2D eigenvalue weighted by Gasteiger charge is -2.61. The summed E-state index contributed by atoms with van der Waals surface area (Å²) in [6.45, 7) is 6.49. The molecule has 0 aromatic carbocycles. The van der Waals surface area contributed by atoms with Crippen LogP contribution >= 0.6 is 23.5 Å². The predicted molar refractivity (Wildman–Crippen MR) is 180 cm³/mol. The number of nitriles is 2. The monoisotopic (exact) mass is 665 g/mol. The number of methoxy groups -OCH3 is 1. The molecule has 3 fully saturated rings. The number of aliphatic hydroxyl groups excluding tert-OH is 1. The fraction of sp³-hybridized carbons (Fsp3) is 0.611. The fourth-order valence-corrected chi connectivity index (χ4v) is 10.9. The lowest BCUT2D eigenvalue weighted by atomic mass is 9.45. The number of thioether (sulfide) groups is 2. The van der Waals surface area contributed by atoms with E-state index in [0.717, 1.165) is 66.9 Å². The molecule has 0 radical (unpaired) electrons. The first-order chi connectivity index (χ1) is 22.0. The highest BCUT2D eigenvalue weighted by Crippen LogP contribution is 2.69. The average molecular weight is 666 g/mol. The third-order valence-electron chi connectivity index (χ3n) is 11.5. The van der Waals surface area contributed by atoms with Crippen LogP contribution in [-0.4, -0.2) is 51.7 Å². The first-order valence-corrected chi connectivity index (χ1v) is 18.2. The summed E-state index contributed by atoms with van der Waals surface area (Å²) in [6, 6.07) is 3.71. The van der Waals surface area contributed by atoms with Crippen LogP contribution in [-0.2, 0) is 14.3 Å². The van der Waals surface area contributed by atoms with Gasteiger partial charge in [-0.1, -0.05) is 62.0 Å². The summed E-state index contributed by atoms with van der Waals surface area (Å²) >= 11 is 1.84. The van der Waals surface area contributed by atoms with Crippen LogP contribution in [0, 0.1) is 51.2 Å². The molecular formula is C36H44FN3O4S2. The molecule has 2 N–H and O–H groups in total. The highest BCUT2D eigenvalue weighted by Gasteiger charge is 2.69. The molecule has 0 amide bonds. The van der Waals surface area contributed by atoms with Crippen LogP contribution in [0.15, 0.2) is 58.6 Å². The molecule has 0 heterocycles. The molecule has 246 valence electrons. The van der Waals surface area contributed by atoms with Gasteiger partial charge in [-0.25, -0.2) is 4.39 Å². The van der Waals surface area contributed by atoms with Crippen molar-refractivity contribution < 1.29 is 23.8 Å². The van der Waals surface area contributed by atoms with Gasteiger partial charge in [-0.05, 0) is 98.3 Å². The van der Waals surface area contributed by atoms with E-state index in [1.165, 1.54) is 11.6 Å². The van der Waals surface area contributed by atoms with Gasteiger partial charge in [0.1, 0.15) is 11.4 Å². The van der Waals surface area contributed by atoms with E-state index in [9.17, 15) is 19.1 Å². The highest BCUT2D eigenvalue weighted by molar-refractivity contribution is 8.14. The molecule has 5 aliphatic carbocycles. The number of halogens is 1. The maximum absolute atomic E-state index is 14.6. The smallest absolute Gasteiger partial charge is 0.223 e. The van der Waals surface area contributed by atoms with E-state index in [-0.39, 0.29) is 51.4 Å². The molecule has 0 saturated heterocycles. The minimum atomic E-state index is -1.02. The summed E-state index contributed by atoms with van der Waals surface area (Å²) in [6.07, 6.45) is 14.6. The molecule has 7 unspecified atom stereocenters. The number of allylic oxidation sites excluding steroid dienone is 6. The fourth-order valence-electron chi connectivity index (χ4n) is 9.53. The van der Waals surface area contributed by atoms with E-state index < -0.39 is 28.1 Å². The standard InChI is InChI=1S/C36H44FN3O4S2/c1-5-6-7-22-20-34(2)23(18-29(22)40-24-9-11-28(37)26(19-24)32(42)45-16-14-38)8-10-25-27-12-13-36(44-4,33(43)46-17-15-39)35(27,3)21-30(41)31(25)34/h6-7,11,18-19,24-25,27,30-31,40-41H,5,8-10,12-13,16-17,20-21H2,1-4H3/b7-6+/t24?,25?,27?,30?,31-,34?,35?,36?/m1/s1. The number of hydrogen-bond donors (Lipinski definition) is 2.